The van der Waals surface area contributed by atoms with Crippen molar-refractivity contribution < 1.29 is 4.74 Å². The molecule has 0 saturated heterocycles. The van der Waals surface area contributed by atoms with Crippen molar-refractivity contribution in [3.63, 3.8) is 0 Å². The van der Waals surface area contributed by atoms with Gasteiger partial charge in [0.1, 0.15) is 5.75 Å². The van der Waals surface area contributed by atoms with Crippen LogP contribution in [0.4, 0.5) is 0 Å². The van der Waals surface area contributed by atoms with Gasteiger partial charge in [-0.15, -0.1) is 0 Å². The Morgan fingerprint density at radius 3 is 2.44 bits per heavy atom. The molecule has 0 aliphatic rings. The fourth-order valence-electron chi connectivity index (χ4n) is 1.98. The van der Waals surface area contributed by atoms with E-state index in [9.17, 15) is 0 Å². The lowest BCUT2D eigenvalue weighted by Gasteiger charge is -2.22. The SMILES string of the molecule is COc1cc(C)c(C(CN)C(C)C)cc1Cl. The van der Waals surface area contributed by atoms with Crippen molar-refractivity contribution in [3.8, 4) is 5.75 Å². The van der Waals surface area contributed by atoms with Gasteiger partial charge in [0, 0.05) is 0 Å². The molecular formula is C13H20ClNO. The molecule has 0 fully saturated rings. The van der Waals surface area contributed by atoms with Crippen LogP contribution in [0.1, 0.15) is 30.9 Å². The minimum atomic E-state index is 0.350. The van der Waals surface area contributed by atoms with Gasteiger partial charge >= 0.3 is 0 Å². The van der Waals surface area contributed by atoms with Crippen molar-refractivity contribution in [1.82, 2.24) is 0 Å². The molecule has 0 heterocycles. The molecule has 0 saturated carbocycles. The molecule has 0 radical (unpaired) electrons. The third-order valence-electron chi connectivity index (χ3n) is 3.00. The van der Waals surface area contributed by atoms with Gasteiger partial charge in [-0.1, -0.05) is 25.4 Å². The Morgan fingerprint density at radius 2 is 2.00 bits per heavy atom. The molecule has 1 aromatic rings. The van der Waals surface area contributed by atoms with Gasteiger partial charge in [0.25, 0.3) is 0 Å². The number of benzene rings is 1. The first-order valence-corrected chi connectivity index (χ1v) is 5.93. The van der Waals surface area contributed by atoms with E-state index in [2.05, 4.69) is 20.8 Å². The summed E-state index contributed by atoms with van der Waals surface area (Å²) in [6.07, 6.45) is 0. The zero-order valence-electron chi connectivity index (χ0n) is 10.4. The normalized spacial score (nSPS) is 12.9. The lowest BCUT2D eigenvalue weighted by atomic mass is 9.86. The molecule has 1 atom stereocenters. The van der Waals surface area contributed by atoms with E-state index < -0.39 is 0 Å². The molecule has 0 spiro atoms. The summed E-state index contributed by atoms with van der Waals surface area (Å²) in [7, 11) is 1.63. The second kappa shape index (κ2) is 5.55. The molecule has 0 amide bonds. The summed E-state index contributed by atoms with van der Waals surface area (Å²) < 4.78 is 5.19. The van der Waals surface area contributed by atoms with Crippen molar-refractivity contribution in [2.24, 2.45) is 11.7 Å². The molecule has 0 aromatic heterocycles. The molecule has 2 nitrogen and oxygen atoms in total. The van der Waals surface area contributed by atoms with Crippen LogP contribution < -0.4 is 10.5 Å². The van der Waals surface area contributed by atoms with Gasteiger partial charge in [-0.3, -0.25) is 0 Å². The molecule has 90 valence electrons. The topological polar surface area (TPSA) is 35.2 Å². The van der Waals surface area contributed by atoms with Crippen LogP contribution in [-0.4, -0.2) is 13.7 Å². The minimum Gasteiger partial charge on any atom is -0.495 e. The van der Waals surface area contributed by atoms with E-state index in [-0.39, 0.29) is 0 Å². The predicted octanol–water partition coefficient (Wildman–Crippen LogP) is 3.36. The first kappa shape index (κ1) is 13.3. The second-order valence-electron chi connectivity index (χ2n) is 4.43. The Bertz CT molecular complexity index is 363. The quantitative estimate of drug-likeness (QED) is 0.878. The maximum absolute atomic E-state index is 6.14. The van der Waals surface area contributed by atoms with E-state index in [1.807, 2.05) is 12.1 Å². The van der Waals surface area contributed by atoms with Crippen LogP contribution in [0.3, 0.4) is 0 Å². The highest BCUT2D eigenvalue weighted by Crippen LogP contribution is 2.33. The van der Waals surface area contributed by atoms with Crippen molar-refractivity contribution in [3.05, 3.63) is 28.3 Å². The molecule has 1 rings (SSSR count). The molecule has 1 aromatic carbocycles. The Kier molecular flexibility index (Phi) is 4.63. The highest BCUT2D eigenvalue weighted by atomic mass is 35.5. The third kappa shape index (κ3) is 2.69. The van der Waals surface area contributed by atoms with Crippen molar-refractivity contribution in [2.75, 3.05) is 13.7 Å². The predicted molar refractivity (Wildman–Crippen MR) is 69.4 cm³/mol. The molecule has 0 aliphatic heterocycles. The largest absolute Gasteiger partial charge is 0.495 e. The Labute approximate surface area is 103 Å². The number of hydrogen-bond acceptors (Lipinski definition) is 2. The summed E-state index contributed by atoms with van der Waals surface area (Å²) in [6.45, 7) is 7.06. The van der Waals surface area contributed by atoms with E-state index in [0.717, 1.165) is 5.75 Å². The average molecular weight is 242 g/mol. The number of halogens is 1. The van der Waals surface area contributed by atoms with Crippen LogP contribution in [0.25, 0.3) is 0 Å². The van der Waals surface area contributed by atoms with Crippen LogP contribution in [0, 0.1) is 12.8 Å². The highest BCUT2D eigenvalue weighted by Gasteiger charge is 2.18. The zero-order chi connectivity index (χ0) is 12.3. The number of methoxy groups -OCH3 is 1. The second-order valence-corrected chi connectivity index (χ2v) is 4.84. The van der Waals surface area contributed by atoms with E-state index >= 15 is 0 Å². The summed E-state index contributed by atoms with van der Waals surface area (Å²) in [5.74, 6) is 1.58. The van der Waals surface area contributed by atoms with Gasteiger partial charge < -0.3 is 10.5 Å². The van der Waals surface area contributed by atoms with Gasteiger partial charge in [0.05, 0.1) is 12.1 Å². The van der Waals surface area contributed by atoms with Gasteiger partial charge in [-0.05, 0) is 48.6 Å². The zero-order valence-corrected chi connectivity index (χ0v) is 11.1. The summed E-state index contributed by atoms with van der Waals surface area (Å²) in [4.78, 5) is 0. The molecule has 3 heteroatoms. The van der Waals surface area contributed by atoms with Crippen LogP contribution in [0.15, 0.2) is 12.1 Å². The molecule has 0 aliphatic carbocycles. The molecule has 2 N–H and O–H groups in total. The maximum Gasteiger partial charge on any atom is 0.137 e. The van der Waals surface area contributed by atoms with Gasteiger partial charge in [0.2, 0.25) is 0 Å². The Balaban J connectivity index is 3.18. The van der Waals surface area contributed by atoms with Crippen LogP contribution in [-0.2, 0) is 0 Å². The molecule has 1 unspecified atom stereocenters. The lowest BCUT2D eigenvalue weighted by Crippen LogP contribution is -2.18. The summed E-state index contributed by atoms with van der Waals surface area (Å²) in [6, 6.07) is 3.95. The molecular weight excluding hydrogens is 222 g/mol. The van der Waals surface area contributed by atoms with Crippen LogP contribution in [0.5, 0.6) is 5.75 Å². The van der Waals surface area contributed by atoms with Crippen LogP contribution >= 0.6 is 11.6 Å². The van der Waals surface area contributed by atoms with E-state index in [1.165, 1.54) is 11.1 Å². The van der Waals surface area contributed by atoms with Gasteiger partial charge in [-0.25, -0.2) is 0 Å². The average Bonchev–Trinajstić information content (AvgIpc) is 2.23. The van der Waals surface area contributed by atoms with Crippen molar-refractivity contribution in [2.45, 2.75) is 26.7 Å². The fourth-order valence-corrected chi connectivity index (χ4v) is 2.23. The smallest absolute Gasteiger partial charge is 0.137 e. The first-order valence-electron chi connectivity index (χ1n) is 5.55. The third-order valence-corrected chi connectivity index (χ3v) is 3.29. The summed E-state index contributed by atoms with van der Waals surface area (Å²) in [5, 5.41) is 0.655. The van der Waals surface area contributed by atoms with Crippen molar-refractivity contribution >= 4 is 11.6 Å². The number of rotatable bonds is 4. The van der Waals surface area contributed by atoms with Crippen LogP contribution in [0.2, 0.25) is 5.02 Å². The fraction of sp³-hybridized carbons (Fsp3) is 0.538. The highest BCUT2D eigenvalue weighted by molar-refractivity contribution is 6.32. The number of ether oxygens (including phenoxy) is 1. The summed E-state index contributed by atoms with van der Waals surface area (Å²) in [5.41, 5.74) is 8.23. The molecule has 0 bridgehead atoms. The number of aryl methyl sites for hydroxylation is 1. The van der Waals surface area contributed by atoms with Crippen molar-refractivity contribution in [1.29, 1.82) is 0 Å². The number of hydrogen-bond donors (Lipinski definition) is 1. The Morgan fingerprint density at radius 1 is 1.38 bits per heavy atom. The van der Waals surface area contributed by atoms with Gasteiger partial charge in [0.15, 0.2) is 0 Å². The lowest BCUT2D eigenvalue weighted by molar-refractivity contribution is 0.414. The number of nitrogens with two attached hydrogens (primary N) is 1. The molecule has 16 heavy (non-hydrogen) atoms. The monoisotopic (exact) mass is 241 g/mol. The minimum absolute atomic E-state index is 0.350. The summed E-state index contributed by atoms with van der Waals surface area (Å²) >= 11 is 6.14. The first-order chi connectivity index (χ1) is 7.51. The Hall–Kier alpha value is -0.730. The standard InChI is InChI=1S/C13H20ClNO/c1-8(2)11(7-15)10-6-12(14)13(16-4)5-9(10)3/h5-6,8,11H,7,15H2,1-4H3. The van der Waals surface area contributed by atoms with E-state index in [0.29, 0.717) is 23.4 Å². The van der Waals surface area contributed by atoms with E-state index in [4.69, 9.17) is 22.1 Å². The maximum atomic E-state index is 6.14. The van der Waals surface area contributed by atoms with E-state index in [1.54, 1.807) is 7.11 Å². The van der Waals surface area contributed by atoms with Gasteiger partial charge in [-0.2, -0.15) is 0 Å².